The number of hydrogen-bond acceptors (Lipinski definition) is 2. The Hall–Kier alpha value is -1.52. The Labute approximate surface area is 107 Å². The van der Waals surface area contributed by atoms with Gasteiger partial charge in [0.2, 0.25) is 0 Å². The van der Waals surface area contributed by atoms with E-state index in [0.717, 1.165) is 4.57 Å². The topological polar surface area (TPSA) is 44.0 Å². The second-order valence-electron chi connectivity index (χ2n) is 3.44. The lowest BCUT2D eigenvalue weighted by molar-refractivity contribution is 0.728. The zero-order valence-corrected chi connectivity index (χ0v) is 10.4. The van der Waals surface area contributed by atoms with E-state index in [1.54, 1.807) is 18.2 Å². The van der Waals surface area contributed by atoms with Crippen molar-refractivity contribution in [3.05, 3.63) is 61.3 Å². The molecule has 0 N–H and O–H groups in total. The number of nitrogens with zero attached hydrogens (tertiary/aromatic N) is 2. The van der Waals surface area contributed by atoms with Crippen molar-refractivity contribution in [3.8, 4) is 5.69 Å². The molecule has 2 rings (SSSR count). The standard InChI is InChI=1S/C11H8Cl2N2O2/c1-14-9(16)5-6-15(11(14)17)8-4-2-3-7(12)10(8)13/h2-6H,1H3. The molecular formula is C11H8Cl2N2O2. The summed E-state index contributed by atoms with van der Waals surface area (Å²) in [5.41, 5.74) is -0.397. The average molecular weight is 271 g/mol. The second-order valence-corrected chi connectivity index (χ2v) is 4.22. The summed E-state index contributed by atoms with van der Waals surface area (Å²) in [6.45, 7) is 0. The zero-order valence-electron chi connectivity index (χ0n) is 8.85. The number of aromatic nitrogens is 2. The van der Waals surface area contributed by atoms with Gasteiger partial charge in [0.05, 0.1) is 15.7 Å². The predicted octanol–water partition coefficient (Wildman–Crippen LogP) is 1.84. The molecule has 0 bridgehead atoms. The van der Waals surface area contributed by atoms with Gasteiger partial charge in [0.15, 0.2) is 0 Å². The molecule has 1 aromatic heterocycles. The molecule has 1 heterocycles. The highest BCUT2D eigenvalue weighted by atomic mass is 35.5. The minimum atomic E-state index is -0.471. The minimum absolute atomic E-state index is 0.273. The van der Waals surface area contributed by atoms with Crippen LogP contribution in [-0.2, 0) is 7.05 Å². The Morgan fingerprint density at radius 1 is 1.12 bits per heavy atom. The van der Waals surface area contributed by atoms with E-state index in [4.69, 9.17) is 23.2 Å². The summed E-state index contributed by atoms with van der Waals surface area (Å²) in [5.74, 6) is 0. The van der Waals surface area contributed by atoms with Crippen LogP contribution in [0.15, 0.2) is 40.1 Å². The molecule has 0 spiro atoms. The molecule has 0 atom stereocenters. The van der Waals surface area contributed by atoms with Crippen molar-refractivity contribution < 1.29 is 0 Å². The van der Waals surface area contributed by atoms with Crippen LogP contribution >= 0.6 is 23.2 Å². The summed E-state index contributed by atoms with van der Waals surface area (Å²) < 4.78 is 2.27. The SMILES string of the molecule is Cn1c(=O)ccn(-c2cccc(Cl)c2Cl)c1=O. The van der Waals surface area contributed by atoms with Gasteiger partial charge in [0.25, 0.3) is 5.56 Å². The van der Waals surface area contributed by atoms with E-state index in [2.05, 4.69) is 0 Å². The van der Waals surface area contributed by atoms with Crippen LogP contribution in [0.5, 0.6) is 0 Å². The van der Waals surface area contributed by atoms with Crippen molar-refractivity contribution in [2.24, 2.45) is 7.05 Å². The van der Waals surface area contributed by atoms with Crippen molar-refractivity contribution in [1.29, 1.82) is 0 Å². The summed E-state index contributed by atoms with van der Waals surface area (Å²) in [7, 11) is 1.40. The fourth-order valence-electron chi connectivity index (χ4n) is 1.43. The Balaban J connectivity index is 2.79. The predicted molar refractivity (Wildman–Crippen MR) is 67.3 cm³/mol. The first-order valence-electron chi connectivity index (χ1n) is 4.75. The van der Waals surface area contributed by atoms with Crippen molar-refractivity contribution >= 4 is 23.2 Å². The minimum Gasteiger partial charge on any atom is -0.269 e. The molecule has 1 aromatic carbocycles. The van der Waals surface area contributed by atoms with Gasteiger partial charge in [0, 0.05) is 19.3 Å². The average Bonchev–Trinajstić information content (AvgIpc) is 2.31. The van der Waals surface area contributed by atoms with Gasteiger partial charge >= 0.3 is 5.69 Å². The van der Waals surface area contributed by atoms with E-state index in [1.807, 2.05) is 0 Å². The largest absolute Gasteiger partial charge is 0.335 e. The molecule has 2 aromatic rings. The molecule has 0 radical (unpaired) electrons. The third-order valence-corrected chi connectivity index (χ3v) is 3.19. The molecule has 0 aliphatic heterocycles. The molecule has 0 amide bonds. The summed E-state index contributed by atoms with van der Waals surface area (Å²) in [6, 6.07) is 6.25. The number of rotatable bonds is 1. The quantitative estimate of drug-likeness (QED) is 0.794. The molecule has 17 heavy (non-hydrogen) atoms. The van der Waals surface area contributed by atoms with Gasteiger partial charge in [-0.05, 0) is 12.1 Å². The zero-order chi connectivity index (χ0) is 12.6. The third kappa shape index (κ3) is 2.01. The van der Waals surface area contributed by atoms with Gasteiger partial charge in [-0.2, -0.15) is 0 Å². The first-order valence-corrected chi connectivity index (χ1v) is 5.51. The van der Waals surface area contributed by atoms with Crippen LogP contribution in [-0.4, -0.2) is 9.13 Å². The molecule has 0 saturated carbocycles. The van der Waals surface area contributed by atoms with Gasteiger partial charge in [-0.3, -0.25) is 13.9 Å². The first-order chi connectivity index (χ1) is 8.02. The van der Waals surface area contributed by atoms with Gasteiger partial charge in [0.1, 0.15) is 0 Å². The maximum Gasteiger partial charge on any atom is 0.335 e. The van der Waals surface area contributed by atoms with Gasteiger partial charge in [-0.25, -0.2) is 4.79 Å². The molecule has 0 unspecified atom stereocenters. The number of benzene rings is 1. The molecule has 0 aliphatic rings. The fourth-order valence-corrected chi connectivity index (χ4v) is 1.82. The first kappa shape index (κ1) is 12.0. The maximum absolute atomic E-state index is 11.9. The highest BCUT2D eigenvalue weighted by molar-refractivity contribution is 6.43. The van der Waals surface area contributed by atoms with E-state index in [9.17, 15) is 9.59 Å². The van der Waals surface area contributed by atoms with Gasteiger partial charge in [-0.15, -0.1) is 0 Å². The van der Waals surface area contributed by atoms with E-state index >= 15 is 0 Å². The van der Waals surface area contributed by atoms with Gasteiger partial charge < -0.3 is 0 Å². The van der Waals surface area contributed by atoms with Crippen LogP contribution in [0.4, 0.5) is 0 Å². The Kier molecular flexibility index (Phi) is 3.09. The van der Waals surface area contributed by atoms with Crippen molar-refractivity contribution in [3.63, 3.8) is 0 Å². The summed E-state index contributed by atoms with van der Waals surface area (Å²) in [6.07, 6.45) is 1.38. The van der Waals surface area contributed by atoms with E-state index in [-0.39, 0.29) is 10.6 Å². The summed E-state index contributed by atoms with van der Waals surface area (Å²) in [5, 5.41) is 0.625. The molecule has 88 valence electrons. The van der Waals surface area contributed by atoms with E-state index < -0.39 is 5.69 Å². The normalized spacial score (nSPS) is 10.5. The molecule has 6 heteroatoms. The van der Waals surface area contributed by atoms with E-state index in [0.29, 0.717) is 10.7 Å². The Morgan fingerprint density at radius 2 is 1.82 bits per heavy atom. The lowest BCUT2D eigenvalue weighted by atomic mass is 10.3. The van der Waals surface area contributed by atoms with Crippen LogP contribution < -0.4 is 11.2 Å². The molecule has 0 aliphatic carbocycles. The number of halogens is 2. The molecule has 4 nitrogen and oxygen atoms in total. The monoisotopic (exact) mass is 270 g/mol. The lowest BCUT2D eigenvalue weighted by Crippen LogP contribution is -2.36. The highest BCUT2D eigenvalue weighted by Crippen LogP contribution is 2.27. The fraction of sp³-hybridized carbons (Fsp3) is 0.0909. The number of hydrogen-bond donors (Lipinski definition) is 0. The molecular weight excluding hydrogens is 263 g/mol. The maximum atomic E-state index is 11.9. The highest BCUT2D eigenvalue weighted by Gasteiger charge is 2.09. The smallest absolute Gasteiger partial charge is 0.269 e. The Morgan fingerprint density at radius 3 is 2.53 bits per heavy atom. The van der Waals surface area contributed by atoms with Crippen molar-refractivity contribution in [2.45, 2.75) is 0 Å². The summed E-state index contributed by atoms with van der Waals surface area (Å²) >= 11 is 11.9. The van der Waals surface area contributed by atoms with Crippen molar-refractivity contribution in [2.75, 3.05) is 0 Å². The van der Waals surface area contributed by atoms with Crippen LogP contribution in [0.1, 0.15) is 0 Å². The van der Waals surface area contributed by atoms with Gasteiger partial charge in [-0.1, -0.05) is 29.3 Å². The van der Waals surface area contributed by atoms with E-state index in [1.165, 1.54) is 23.9 Å². The van der Waals surface area contributed by atoms with Crippen LogP contribution in [0.25, 0.3) is 5.69 Å². The lowest BCUT2D eigenvalue weighted by Gasteiger charge is -2.09. The third-order valence-electron chi connectivity index (χ3n) is 2.38. The van der Waals surface area contributed by atoms with Crippen LogP contribution in [0.2, 0.25) is 10.0 Å². The van der Waals surface area contributed by atoms with Crippen LogP contribution in [0, 0.1) is 0 Å². The second kappa shape index (κ2) is 4.39. The summed E-state index contributed by atoms with van der Waals surface area (Å²) in [4.78, 5) is 23.1. The molecule has 0 fully saturated rings. The van der Waals surface area contributed by atoms with Crippen molar-refractivity contribution in [1.82, 2.24) is 9.13 Å². The van der Waals surface area contributed by atoms with Crippen LogP contribution in [0.3, 0.4) is 0 Å². The molecule has 0 saturated heterocycles. The Bertz CT molecular complexity index is 689.